The van der Waals surface area contributed by atoms with Gasteiger partial charge in [0, 0.05) is 0 Å². The predicted molar refractivity (Wildman–Crippen MR) is 68.2 cm³/mol. The van der Waals surface area contributed by atoms with Gasteiger partial charge in [-0.1, -0.05) is 12.1 Å². The molecule has 0 fully saturated rings. The van der Waals surface area contributed by atoms with Crippen LogP contribution in [0.4, 0.5) is 8.78 Å². The number of rotatable bonds is 3. The number of aryl methyl sites for hydroxylation is 1. The molecule has 0 saturated heterocycles. The van der Waals surface area contributed by atoms with E-state index in [2.05, 4.69) is 0 Å². The van der Waals surface area contributed by atoms with Crippen LogP contribution in [0.5, 0.6) is 11.5 Å². The third kappa shape index (κ3) is 3.09. The van der Waals surface area contributed by atoms with Gasteiger partial charge in [-0.2, -0.15) is 0 Å². The van der Waals surface area contributed by atoms with E-state index < -0.39 is 17.7 Å². The molecular formula is C15H14F2O2. The van der Waals surface area contributed by atoms with E-state index in [0.717, 1.165) is 5.56 Å². The molecule has 0 bridgehead atoms. The first kappa shape index (κ1) is 13.5. The zero-order valence-electron chi connectivity index (χ0n) is 10.7. The van der Waals surface area contributed by atoms with Crippen molar-refractivity contribution in [3.8, 4) is 11.5 Å². The molecular weight excluding hydrogens is 250 g/mol. The lowest BCUT2D eigenvalue weighted by Gasteiger charge is -2.10. The minimum absolute atomic E-state index is 0.0244. The van der Waals surface area contributed by atoms with Crippen LogP contribution in [0.25, 0.3) is 0 Å². The zero-order chi connectivity index (χ0) is 14.0. The van der Waals surface area contributed by atoms with Crippen LogP contribution in [0.3, 0.4) is 0 Å². The molecule has 2 aromatic rings. The molecule has 0 aliphatic heterocycles. The molecule has 1 atom stereocenters. The van der Waals surface area contributed by atoms with Gasteiger partial charge >= 0.3 is 0 Å². The van der Waals surface area contributed by atoms with Crippen LogP contribution in [0.1, 0.15) is 24.2 Å². The van der Waals surface area contributed by atoms with E-state index in [1.807, 2.05) is 0 Å². The lowest BCUT2D eigenvalue weighted by atomic mass is 10.1. The van der Waals surface area contributed by atoms with Gasteiger partial charge in [-0.15, -0.1) is 0 Å². The lowest BCUT2D eigenvalue weighted by Crippen LogP contribution is -1.96. The van der Waals surface area contributed by atoms with E-state index in [4.69, 9.17) is 4.74 Å². The van der Waals surface area contributed by atoms with Crippen LogP contribution in [0.2, 0.25) is 0 Å². The third-order valence-corrected chi connectivity index (χ3v) is 2.74. The largest absolute Gasteiger partial charge is 0.451 e. The Kier molecular flexibility index (Phi) is 3.81. The Hall–Kier alpha value is -1.94. The Morgan fingerprint density at radius 3 is 2.37 bits per heavy atom. The van der Waals surface area contributed by atoms with Gasteiger partial charge in [0.05, 0.1) is 6.10 Å². The molecule has 2 aromatic carbocycles. The minimum Gasteiger partial charge on any atom is -0.451 e. The monoisotopic (exact) mass is 264 g/mol. The van der Waals surface area contributed by atoms with Crippen LogP contribution in [0, 0.1) is 18.6 Å². The quantitative estimate of drug-likeness (QED) is 0.903. The van der Waals surface area contributed by atoms with Gasteiger partial charge in [-0.25, -0.2) is 8.78 Å². The van der Waals surface area contributed by atoms with Crippen LogP contribution >= 0.6 is 0 Å². The van der Waals surface area contributed by atoms with Gasteiger partial charge in [-0.05, 0) is 49.2 Å². The van der Waals surface area contributed by atoms with E-state index in [1.165, 1.54) is 37.3 Å². The van der Waals surface area contributed by atoms with Crippen molar-refractivity contribution in [3.05, 3.63) is 59.2 Å². The lowest BCUT2D eigenvalue weighted by molar-refractivity contribution is 0.198. The fourth-order valence-corrected chi connectivity index (χ4v) is 1.67. The Morgan fingerprint density at radius 1 is 1.00 bits per heavy atom. The summed E-state index contributed by atoms with van der Waals surface area (Å²) in [6, 6.07) is 8.46. The highest BCUT2D eigenvalue weighted by atomic mass is 19.1. The van der Waals surface area contributed by atoms with Crippen molar-refractivity contribution in [1.29, 1.82) is 0 Å². The van der Waals surface area contributed by atoms with Gasteiger partial charge in [0.1, 0.15) is 0 Å². The molecule has 0 heterocycles. The molecule has 0 amide bonds. The van der Waals surface area contributed by atoms with Gasteiger partial charge in [0.2, 0.25) is 0 Å². The fraction of sp³-hybridized carbons (Fsp3) is 0.200. The van der Waals surface area contributed by atoms with Crippen LogP contribution < -0.4 is 4.74 Å². The maximum absolute atomic E-state index is 13.8. The van der Waals surface area contributed by atoms with Crippen LogP contribution in [-0.4, -0.2) is 5.11 Å². The topological polar surface area (TPSA) is 29.5 Å². The van der Waals surface area contributed by atoms with E-state index >= 15 is 0 Å². The second-order valence-corrected chi connectivity index (χ2v) is 4.40. The average molecular weight is 264 g/mol. The Morgan fingerprint density at radius 2 is 1.74 bits per heavy atom. The standard InChI is InChI=1S/C15H14F2O2/c1-9-3-5-12(16)15(7-9)19-14-6-4-11(10(2)18)8-13(14)17/h3-8,10,18H,1-2H3. The molecule has 19 heavy (non-hydrogen) atoms. The molecule has 0 aromatic heterocycles. The zero-order valence-corrected chi connectivity index (χ0v) is 10.7. The van der Waals surface area contributed by atoms with Crippen molar-refractivity contribution in [2.75, 3.05) is 0 Å². The number of benzene rings is 2. The van der Waals surface area contributed by atoms with Gasteiger partial charge in [0.15, 0.2) is 23.1 Å². The van der Waals surface area contributed by atoms with Gasteiger partial charge in [-0.3, -0.25) is 0 Å². The molecule has 2 nitrogen and oxygen atoms in total. The second kappa shape index (κ2) is 5.36. The van der Waals surface area contributed by atoms with E-state index in [0.29, 0.717) is 5.56 Å². The molecule has 0 aliphatic rings. The SMILES string of the molecule is Cc1ccc(F)c(Oc2ccc(C(C)O)cc2F)c1. The predicted octanol–water partition coefficient (Wildman–Crippen LogP) is 4.12. The van der Waals surface area contributed by atoms with Crippen molar-refractivity contribution in [2.45, 2.75) is 20.0 Å². The summed E-state index contributed by atoms with van der Waals surface area (Å²) in [7, 11) is 0. The van der Waals surface area contributed by atoms with Crippen LogP contribution in [-0.2, 0) is 0 Å². The van der Waals surface area contributed by atoms with E-state index in [-0.39, 0.29) is 11.5 Å². The Labute approximate surface area is 110 Å². The molecule has 0 spiro atoms. The summed E-state index contributed by atoms with van der Waals surface area (Å²) in [6.07, 6.45) is -0.765. The van der Waals surface area contributed by atoms with Crippen molar-refractivity contribution >= 4 is 0 Å². The minimum atomic E-state index is -0.765. The van der Waals surface area contributed by atoms with E-state index in [1.54, 1.807) is 13.0 Å². The highest BCUT2D eigenvalue weighted by Crippen LogP contribution is 2.29. The molecule has 0 radical (unpaired) electrons. The number of aliphatic hydroxyl groups is 1. The molecule has 2 rings (SSSR count). The molecule has 4 heteroatoms. The highest BCUT2D eigenvalue weighted by Gasteiger charge is 2.11. The van der Waals surface area contributed by atoms with E-state index in [9.17, 15) is 13.9 Å². The summed E-state index contributed by atoms with van der Waals surface area (Å²) in [6.45, 7) is 3.33. The summed E-state index contributed by atoms with van der Waals surface area (Å²) in [5, 5.41) is 9.34. The first-order chi connectivity index (χ1) is 8.97. The molecule has 100 valence electrons. The van der Waals surface area contributed by atoms with Crippen LogP contribution in [0.15, 0.2) is 36.4 Å². The van der Waals surface area contributed by atoms with Gasteiger partial charge < -0.3 is 9.84 Å². The Bertz CT molecular complexity index is 595. The molecule has 0 aliphatic carbocycles. The number of ether oxygens (including phenoxy) is 1. The molecule has 1 N–H and O–H groups in total. The fourth-order valence-electron chi connectivity index (χ4n) is 1.67. The smallest absolute Gasteiger partial charge is 0.166 e. The summed E-state index contributed by atoms with van der Waals surface area (Å²) < 4.78 is 32.5. The number of hydrogen-bond acceptors (Lipinski definition) is 2. The number of halogens is 2. The molecule has 0 saturated carbocycles. The molecule has 1 unspecified atom stereocenters. The summed E-state index contributed by atoms with van der Waals surface area (Å²) >= 11 is 0. The first-order valence-corrected chi connectivity index (χ1v) is 5.89. The van der Waals surface area contributed by atoms with Crippen molar-refractivity contribution < 1.29 is 18.6 Å². The third-order valence-electron chi connectivity index (χ3n) is 2.74. The summed E-state index contributed by atoms with van der Waals surface area (Å²) in [4.78, 5) is 0. The maximum atomic E-state index is 13.8. The highest BCUT2D eigenvalue weighted by molar-refractivity contribution is 5.37. The maximum Gasteiger partial charge on any atom is 0.166 e. The normalized spacial score (nSPS) is 12.3. The van der Waals surface area contributed by atoms with Gasteiger partial charge in [0.25, 0.3) is 0 Å². The summed E-state index contributed by atoms with van der Waals surface area (Å²) in [5.41, 5.74) is 1.26. The first-order valence-electron chi connectivity index (χ1n) is 5.89. The average Bonchev–Trinajstić information content (AvgIpc) is 2.36. The number of hydrogen-bond donors (Lipinski definition) is 1. The Balaban J connectivity index is 2.31. The number of aliphatic hydroxyl groups excluding tert-OH is 1. The summed E-state index contributed by atoms with van der Waals surface area (Å²) in [5.74, 6) is -1.29. The van der Waals surface area contributed by atoms with Crippen molar-refractivity contribution in [3.63, 3.8) is 0 Å². The van der Waals surface area contributed by atoms with Crippen molar-refractivity contribution in [2.24, 2.45) is 0 Å². The second-order valence-electron chi connectivity index (χ2n) is 4.40. The van der Waals surface area contributed by atoms with Crippen molar-refractivity contribution in [1.82, 2.24) is 0 Å².